The van der Waals surface area contributed by atoms with Crippen LogP contribution in [-0.4, -0.2) is 105 Å². The lowest BCUT2D eigenvalue weighted by molar-refractivity contribution is -0.145. The van der Waals surface area contributed by atoms with E-state index in [1.807, 2.05) is 0 Å². The molecule has 0 atom stereocenters. The van der Waals surface area contributed by atoms with Crippen LogP contribution in [0.2, 0.25) is 0 Å². The Morgan fingerprint density at radius 1 is 0.246 bits per heavy atom. The minimum Gasteiger partial charge on any atom is -0.463 e. The van der Waals surface area contributed by atoms with Gasteiger partial charge in [-0.2, -0.15) is 0 Å². The number of unbranched alkanes of at least 4 members (excludes halogenated alkanes) is 27. The molecule has 9 nitrogen and oxygen atoms in total. The molecule has 0 saturated carbocycles. The topological polar surface area (TPSA) is 90.9 Å². The second kappa shape index (κ2) is 53.2. The van der Waals surface area contributed by atoms with Crippen LogP contribution in [0.4, 0.5) is 0 Å². The fraction of sp³-hybridized carbons (Fsp3) is 0.979. The van der Waals surface area contributed by atoms with Gasteiger partial charge in [0.2, 0.25) is 0 Å². The van der Waals surface area contributed by atoms with E-state index in [-0.39, 0.29) is 5.97 Å². The Morgan fingerprint density at radius 2 is 0.456 bits per heavy atom. The van der Waals surface area contributed by atoms with Gasteiger partial charge in [0.25, 0.3) is 0 Å². The normalized spacial score (nSPS) is 11.5. The Morgan fingerprint density at radius 3 is 0.737 bits per heavy atom. The van der Waals surface area contributed by atoms with Gasteiger partial charge in [0.1, 0.15) is 6.61 Å². The summed E-state index contributed by atoms with van der Waals surface area (Å²) in [6, 6.07) is 0. The lowest BCUT2D eigenvalue weighted by atomic mass is 10.0. The molecule has 0 heterocycles. The Hall–Kier alpha value is -0.810. The van der Waals surface area contributed by atoms with Crippen LogP contribution >= 0.6 is 0 Å². The van der Waals surface area contributed by atoms with Gasteiger partial charge in [0, 0.05) is 13.0 Å². The van der Waals surface area contributed by atoms with Gasteiger partial charge in [0.15, 0.2) is 0 Å². The zero-order valence-corrected chi connectivity index (χ0v) is 38.0. The van der Waals surface area contributed by atoms with Crippen LogP contribution in [0.3, 0.4) is 0 Å². The smallest absolute Gasteiger partial charge is 0.305 e. The Balaban J connectivity index is 3.12. The molecule has 0 unspecified atom stereocenters. The minimum absolute atomic E-state index is 0.120. The molecule has 0 rings (SSSR count). The van der Waals surface area contributed by atoms with Crippen LogP contribution in [-0.2, 0) is 42.7 Å². The average molecular weight is 817 g/mol. The third-order valence-corrected chi connectivity index (χ3v) is 10.3. The average Bonchev–Trinajstić information content (AvgIpc) is 3.22. The first-order chi connectivity index (χ1) is 28.3. The van der Waals surface area contributed by atoms with Crippen LogP contribution in [0.1, 0.15) is 206 Å². The summed E-state index contributed by atoms with van der Waals surface area (Å²) in [5.74, 6) is -0.120. The number of hydrogen-bond donors (Lipinski definition) is 0. The molecule has 0 aromatic carbocycles. The van der Waals surface area contributed by atoms with E-state index in [1.165, 1.54) is 167 Å². The number of rotatable bonds is 52. The van der Waals surface area contributed by atoms with Crippen molar-refractivity contribution in [2.24, 2.45) is 0 Å². The van der Waals surface area contributed by atoms with Gasteiger partial charge in [-0.05, 0) is 12.8 Å². The summed E-state index contributed by atoms with van der Waals surface area (Å²) in [5, 5.41) is 0. The Labute approximate surface area is 353 Å². The standard InChI is InChI=1S/C48H96O9/c1-3-5-7-9-11-13-15-17-19-20-22-24-26-28-30-32-48(49)57-47-46-56-45-44-55-43-42-54-41-40-53-39-38-52-37-36-51-35-34-50-33-31-29-27-25-23-21-18-16-14-12-10-8-6-4-2/h3-47H2,1-2H3. The largest absolute Gasteiger partial charge is 0.463 e. The van der Waals surface area contributed by atoms with Crippen molar-refractivity contribution in [3.05, 3.63) is 0 Å². The van der Waals surface area contributed by atoms with Crippen molar-refractivity contribution < 1.29 is 42.7 Å². The van der Waals surface area contributed by atoms with Crippen LogP contribution < -0.4 is 0 Å². The summed E-state index contributed by atoms with van der Waals surface area (Å²) < 4.78 is 44.2. The maximum Gasteiger partial charge on any atom is 0.305 e. The van der Waals surface area contributed by atoms with E-state index in [0.717, 1.165) is 25.9 Å². The summed E-state index contributed by atoms with van der Waals surface area (Å²) in [6.45, 7) is 12.6. The predicted octanol–water partition coefficient (Wildman–Crippen LogP) is 12.4. The molecular formula is C48H96O9. The van der Waals surface area contributed by atoms with E-state index in [2.05, 4.69) is 13.8 Å². The zero-order chi connectivity index (χ0) is 41.1. The van der Waals surface area contributed by atoms with E-state index in [9.17, 15) is 4.79 Å². The maximum atomic E-state index is 11.9. The summed E-state index contributed by atoms with van der Waals surface area (Å²) in [5.41, 5.74) is 0. The minimum atomic E-state index is -0.120. The molecule has 0 aliphatic rings. The van der Waals surface area contributed by atoms with Crippen LogP contribution in [0.15, 0.2) is 0 Å². The van der Waals surface area contributed by atoms with E-state index < -0.39 is 0 Å². The van der Waals surface area contributed by atoms with Crippen molar-refractivity contribution in [1.82, 2.24) is 0 Å². The van der Waals surface area contributed by atoms with Crippen molar-refractivity contribution in [2.75, 3.05) is 99.1 Å². The van der Waals surface area contributed by atoms with E-state index >= 15 is 0 Å². The van der Waals surface area contributed by atoms with Gasteiger partial charge >= 0.3 is 5.97 Å². The van der Waals surface area contributed by atoms with Crippen molar-refractivity contribution in [3.8, 4) is 0 Å². The molecule has 0 aromatic heterocycles. The summed E-state index contributed by atoms with van der Waals surface area (Å²) in [7, 11) is 0. The number of esters is 1. The van der Waals surface area contributed by atoms with Crippen molar-refractivity contribution in [3.63, 3.8) is 0 Å². The fourth-order valence-corrected chi connectivity index (χ4v) is 6.75. The highest BCUT2D eigenvalue weighted by Gasteiger charge is 2.03. The second-order valence-electron chi connectivity index (χ2n) is 15.8. The number of hydrogen-bond acceptors (Lipinski definition) is 9. The maximum absolute atomic E-state index is 11.9. The molecule has 0 spiro atoms. The van der Waals surface area contributed by atoms with Crippen molar-refractivity contribution in [2.45, 2.75) is 206 Å². The van der Waals surface area contributed by atoms with E-state index in [0.29, 0.717) is 98.9 Å². The van der Waals surface area contributed by atoms with E-state index in [4.69, 9.17) is 37.9 Å². The van der Waals surface area contributed by atoms with Crippen molar-refractivity contribution in [1.29, 1.82) is 0 Å². The number of ether oxygens (including phenoxy) is 8. The molecule has 9 heteroatoms. The predicted molar refractivity (Wildman–Crippen MR) is 237 cm³/mol. The lowest BCUT2D eigenvalue weighted by Gasteiger charge is -2.09. The summed E-state index contributed by atoms with van der Waals surface area (Å²) in [6.07, 6.45) is 39.6. The molecule has 0 amide bonds. The Bertz CT molecular complexity index is 726. The number of carbonyl (C=O) groups is 1. The molecule has 0 aliphatic carbocycles. The van der Waals surface area contributed by atoms with Gasteiger partial charge in [0.05, 0.1) is 85.9 Å². The van der Waals surface area contributed by atoms with Gasteiger partial charge in [-0.15, -0.1) is 0 Å². The molecule has 0 radical (unpaired) electrons. The highest BCUT2D eigenvalue weighted by molar-refractivity contribution is 5.69. The third kappa shape index (κ3) is 53.2. The first kappa shape index (κ1) is 56.2. The quantitative estimate of drug-likeness (QED) is 0.0439. The van der Waals surface area contributed by atoms with Gasteiger partial charge in [-0.1, -0.05) is 187 Å². The van der Waals surface area contributed by atoms with Gasteiger partial charge in [-0.25, -0.2) is 0 Å². The van der Waals surface area contributed by atoms with Gasteiger partial charge < -0.3 is 37.9 Å². The fourth-order valence-electron chi connectivity index (χ4n) is 6.75. The van der Waals surface area contributed by atoms with Crippen LogP contribution in [0.5, 0.6) is 0 Å². The zero-order valence-electron chi connectivity index (χ0n) is 38.0. The molecule has 342 valence electrons. The Kier molecular flexibility index (Phi) is 52.5. The highest BCUT2D eigenvalue weighted by Crippen LogP contribution is 2.15. The lowest BCUT2D eigenvalue weighted by Crippen LogP contribution is -2.15. The molecule has 0 fully saturated rings. The molecule has 0 aliphatic heterocycles. The molecule has 0 bridgehead atoms. The summed E-state index contributed by atoms with van der Waals surface area (Å²) in [4.78, 5) is 11.9. The number of carbonyl (C=O) groups excluding carboxylic acids is 1. The van der Waals surface area contributed by atoms with Crippen molar-refractivity contribution >= 4 is 5.97 Å². The first-order valence-corrected chi connectivity index (χ1v) is 24.5. The molecular weight excluding hydrogens is 721 g/mol. The SMILES string of the molecule is CCCCCCCCCCCCCCCCCC(=O)OCCOCCOCCOCCOCCOCCOCCOCCCCCCCCCCCCCCCC. The summed E-state index contributed by atoms with van der Waals surface area (Å²) >= 11 is 0. The first-order valence-electron chi connectivity index (χ1n) is 24.5. The second-order valence-corrected chi connectivity index (χ2v) is 15.8. The monoisotopic (exact) mass is 817 g/mol. The highest BCUT2D eigenvalue weighted by atomic mass is 16.6. The molecule has 57 heavy (non-hydrogen) atoms. The van der Waals surface area contributed by atoms with Gasteiger partial charge in [-0.3, -0.25) is 4.79 Å². The third-order valence-electron chi connectivity index (χ3n) is 10.3. The van der Waals surface area contributed by atoms with Crippen LogP contribution in [0, 0.1) is 0 Å². The molecule has 0 saturated heterocycles. The van der Waals surface area contributed by atoms with Crippen LogP contribution in [0.25, 0.3) is 0 Å². The molecule has 0 N–H and O–H groups in total. The van der Waals surface area contributed by atoms with E-state index in [1.54, 1.807) is 0 Å². The molecule has 0 aromatic rings.